The normalized spacial score (nSPS) is 13.7. The van der Waals surface area contributed by atoms with Crippen molar-refractivity contribution in [2.45, 2.75) is 25.4 Å². The fourth-order valence-corrected chi connectivity index (χ4v) is 5.73. The van der Waals surface area contributed by atoms with Crippen molar-refractivity contribution in [2.75, 3.05) is 24.1 Å². The van der Waals surface area contributed by atoms with E-state index in [1.54, 1.807) is 30.7 Å². The van der Waals surface area contributed by atoms with Crippen molar-refractivity contribution >= 4 is 28.5 Å². The van der Waals surface area contributed by atoms with Crippen molar-refractivity contribution < 1.29 is 0 Å². The Hall–Kier alpha value is -6.24. The molecular weight excluding hydrogens is 576 g/mol. The molecule has 224 valence electrons. The number of hydrogen-bond acceptors (Lipinski definition) is 10. The van der Waals surface area contributed by atoms with Crippen molar-refractivity contribution in [2.24, 2.45) is 0 Å². The van der Waals surface area contributed by atoms with Crippen LogP contribution in [0.3, 0.4) is 0 Å². The van der Waals surface area contributed by atoms with Crippen molar-refractivity contribution in [1.29, 1.82) is 5.26 Å². The Morgan fingerprint density at radius 3 is 2.61 bits per heavy atom. The van der Waals surface area contributed by atoms with E-state index in [4.69, 9.17) is 27.5 Å². The molecule has 5 aromatic heterocycles. The summed E-state index contributed by atoms with van der Waals surface area (Å²) < 4.78 is 2.00. The highest BCUT2D eigenvalue weighted by Gasteiger charge is 2.21. The first-order valence-electron chi connectivity index (χ1n) is 14.8. The van der Waals surface area contributed by atoms with E-state index in [2.05, 4.69) is 59.3 Å². The number of hydrogen-bond donors (Lipinski definition) is 2. The molecule has 12 heteroatoms. The van der Waals surface area contributed by atoms with Crippen LogP contribution in [-0.2, 0) is 6.54 Å². The standard InChI is InChI=1S/C34H28N12/c1-37-25-17-23(19-38-20-25)28-8-9-29-34(42-28)46(33(43-29)27-3-2-13-40-32(27)36)26-6-4-22(5-7-26)21-45-15-11-24(12-16-45)41-30-10-14-39-31(18-35)44-30/h2-10,13-14,17,19-20,24H,11-12,15-16,21H2,(H2,36,40)(H,39,41,44). The van der Waals surface area contributed by atoms with Crippen LogP contribution in [0.5, 0.6) is 0 Å². The number of piperidine rings is 1. The van der Waals surface area contributed by atoms with Gasteiger partial charge in [0.1, 0.15) is 23.2 Å². The van der Waals surface area contributed by atoms with Crippen LogP contribution < -0.4 is 11.1 Å². The van der Waals surface area contributed by atoms with Gasteiger partial charge in [-0.15, -0.1) is 0 Å². The predicted molar refractivity (Wildman–Crippen MR) is 175 cm³/mol. The van der Waals surface area contributed by atoms with E-state index in [9.17, 15) is 0 Å². The van der Waals surface area contributed by atoms with E-state index in [0.717, 1.165) is 43.7 Å². The molecule has 7 rings (SSSR count). The van der Waals surface area contributed by atoms with Crippen molar-refractivity contribution in [3.8, 4) is 34.4 Å². The summed E-state index contributed by atoms with van der Waals surface area (Å²) in [7, 11) is 0. The minimum atomic E-state index is 0.172. The minimum Gasteiger partial charge on any atom is -0.383 e. The Labute approximate surface area is 265 Å². The summed E-state index contributed by atoms with van der Waals surface area (Å²) in [5, 5.41) is 12.5. The number of nitrogen functional groups attached to an aromatic ring is 1. The largest absolute Gasteiger partial charge is 0.383 e. The molecule has 0 saturated carbocycles. The molecule has 1 saturated heterocycles. The van der Waals surface area contributed by atoms with E-state index >= 15 is 0 Å². The molecule has 0 atom stereocenters. The first-order chi connectivity index (χ1) is 22.6. The molecule has 46 heavy (non-hydrogen) atoms. The second-order valence-corrected chi connectivity index (χ2v) is 11.0. The van der Waals surface area contributed by atoms with Crippen LogP contribution in [0.25, 0.3) is 44.3 Å². The molecule has 0 amide bonds. The first-order valence-corrected chi connectivity index (χ1v) is 14.8. The molecule has 1 fully saturated rings. The third-order valence-corrected chi connectivity index (χ3v) is 8.03. The van der Waals surface area contributed by atoms with Crippen LogP contribution in [0.15, 0.2) is 85.5 Å². The molecule has 3 N–H and O–H groups in total. The van der Waals surface area contributed by atoms with Crippen LogP contribution in [0, 0.1) is 17.9 Å². The summed E-state index contributed by atoms with van der Waals surface area (Å²) in [6, 6.07) is 21.9. The van der Waals surface area contributed by atoms with E-state index in [1.807, 2.05) is 34.9 Å². The Morgan fingerprint density at radius 2 is 1.83 bits per heavy atom. The van der Waals surface area contributed by atoms with Crippen LogP contribution in [0.2, 0.25) is 0 Å². The van der Waals surface area contributed by atoms with Crippen LogP contribution in [0.4, 0.5) is 17.3 Å². The molecule has 6 heterocycles. The summed E-state index contributed by atoms with van der Waals surface area (Å²) in [6.07, 6.45) is 8.46. The SMILES string of the molecule is [C-]#[N+]c1cncc(-c2ccc3nc(-c4cccnc4N)n(-c4ccc(CN5CCC(Nc6ccnc(C#N)n6)CC5)cc4)c3n2)c1. The van der Waals surface area contributed by atoms with E-state index in [0.29, 0.717) is 51.6 Å². The van der Waals surface area contributed by atoms with Gasteiger partial charge in [0, 0.05) is 61.7 Å². The molecular formula is C34H28N12. The van der Waals surface area contributed by atoms with Gasteiger partial charge in [-0.2, -0.15) is 5.26 Å². The predicted octanol–water partition coefficient (Wildman–Crippen LogP) is 5.42. The highest BCUT2D eigenvalue weighted by Crippen LogP contribution is 2.32. The fourth-order valence-electron chi connectivity index (χ4n) is 5.73. The van der Waals surface area contributed by atoms with Gasteiger partial charge in [-0.3, -0.25) is 14.5 Å². The summed E-state index contributed by atoms with van der Waals surface area (Å²) in [6.45, 7) is 10.1. The number of rotatable bonds is 7. The van der Waals surface area contributed by atoms with Gasteiger partial charge >= 0.3 is 0 Å². The fraction of sp³-hybridized carbons (Fsp3) is 0.176. The van der Waals surface area contributed by atoms with Gasteiger partial charge in [0.25, 0.3) is 0 Å². The molecule has 0 spiro atoms. The minimum absolute atomic E-state index is 0.172. The number of nitrogens with two attached hydrogens (primary N) is 1. The molecule has 0 bridgehead atoms. The number of nitrogens with zero attached hydrogens (tertiary/aromatic N) is 10. The van der Waals surface area contributed by atoms with Crippen molar-refractivity contribution in [1.82, 2.24) is 39.4 Å². The van der Waals surface area contributed by atoms with Gasteiger partial charge in [0.2, 0.25) is 11.5 Å². The molecule has 0 unspecified atom stereocenters. The van der Waals surface area contributed by atoms with Gasteiger partial charge in [-0.1, -0.05) is 12.1 Å². The Kier molecular flexibility index (Phi) is 7.69. The number of likely N-dealkylation sites (tertiary alicyclic amines) is 1. The lowest BCUT2D eigenvalue weighted by molar-refractivity contribution is 0.211. The second kappa shape index (κ2) is 12.4. The van der Waals surface area contributed by atoms with E-state index in [-0.39, 0.29) is 5.82 Å². The zero-order valence-electron chi connectivity index (χ0n) is 24.7. The number of imidazole rings is 1. The first kappa shape index (κ1) is 28.5. The second-order valence-electron chi connectivity index (χ2n) is 11.0. The van der Waals surface area contributed by atoms with Crippen LogP contribution in [-0.4, -0.2) is 58.5 Å². The summed E-state index contributed by atoms with van der Waals surface area (Å²) in [5.41, 5.74) is 12.4. The zero-order chi connectivity index (χ0) is 31.5. The molecule has 1 aromatic carbocycles. The Bertz CT molecular complexity index is 2120. The highest BCUT2D eigenvalue weighted by molar-refractivity contribution is 5.84. The number of nitrogens with one attached hydrogen (secondary N) is 1. The smallest absolute Gasteiger partial charge is 0.234 e. The molecule has 6 aromatic rings. The third-order valence-electron chi connectivity index (χ3n) is 8.03. The number of anilines is 2. The maximum Gasteiger partial charge on any atom is 0.234 e. The van der Waals surface area contributed by atoms with Gasteiger partial charge in [0.15, 0.2) is 11.5 Å². The van der Waals surface area contributed by atoms with Gasteiger partial charge < -0.3 is 11.1 Å². The topological polar surface area (TPSA) is 152 Å². The molecule has 12 nitrogen and oxygen atoms in total. The lowest BCUT2D eigenvalue weighted by Crippen LogP contribution is -2.38. The van der Waals surface area contributed by atoms with Crippen molar-refractivity contribution in [3.63, 3.8) is 0 Å². The summed E-state index contributed by atoms with van der Waals surface area (Å²) in [5.74, 6) is 1.89. The number of nitriles is 1. The number of aromatic nitrogens is 7. The van der Waals surface area contributed by atoms with Gasteiger partial charge in [-0.25, -0.2) is 29.8 Å². The van der Waals surface area contributed by atoms with Crippen LogP contribution >= 0.6 is 0 Å². The quantitative estimate of drug-likeness (QED) is 0.226. The van der Waals surface area contributed by atoms with Crippen molar-refractivity contribution in [3.05, 3.63) is 108 Å². The Balaban J connectivity index is 1.14. The highest BCUT2D eigenvalue weighted by atomic mass is 15.2. The zero-order valence-corrected chi connectivity index (χ0v) is 24.7. The summed E-state index contributed by atoms with van der Waals surface area (Å²) in [4.78, 5) is 32.6. The van der Waals surface area contributed by atoms with E-state index in [1.165, 1.54) is 11.8 Å². The van der Waals surface area contributed by atoms with Crippen LogP contribution in [0.1, 0.15) is 24.2 Å². The molecule has 0 aliphatic carbocycles. The van der Waals surface area contributed by atoms with E-state index < -0.39 is 0 Å². The molecule has 1 aliphatic heterocycles. The number of fused-ring (bicyclic) bond motifs is 1. The lowest BCUT2D eigenvalue weighted by Gasteiger charge is -2.32. The lowest BCUT2D eigenvalue weighted by atomic mass is 10.0. The molecule has 1 aliphatic rings. The Morgan fingerprint density at radius 1 is 0.978 bits per heavy atom. The average molecular weight is 605 g/mol. The maximum atomic E-state index is 9.07. The average Bonchev–Trinajstić information content (AvgIpc) is 3.48. The molecule has 0 radical (unpaired) electrons. The third kappa shape index (κ3) is 5.80. The maximum absolute atomic E-state index is 9.07. The van der Waals surface area contributed by atoms with Gasteiger partial charge in [0.05, 0.1) is 17.8 Å². The van der Waals surface area contributed by atoms with Gasteiger partial charge in [-0.05, 0) is 66.9 Å². The summed E-state index contributed by atoms with van der Waals surface area (Å²) >= 11 is 0. The monoisotopic (exact) mass is 604 g/mol. The number of pyridine rings is 3. The number of benzene rings is 1.